The molecular formula is C34H33Cl2N3O5S. The van der Waals surface area contributed by atoms with E-state index in [0.29, 0.717) is 73.2 Å². The molecule has 1 aliphatic rings. The Morgan fingerprint density at radius 3 is 2.33 bits per heavy atom. The molecule has 1 aromatic heterocycles. The lowest BCUT2D eigenvalue weighted by Crippen LogP contribution is -2.43. The number of carbonyl (C=O) groups is 1. The Balaban J connectivity index is 1.55. The Labute approximate surface area is 275 Å². The highest BCUT2D eigenvalue weighted by molar-refractivity contribution is 7.07. The van der Waals surface area contributed by atoms with Crippen LogP contribution >= 0.6 is 34.5 Å². The van der Waals surface area contributed by atoms with Crippen molar-refractivity contribution < 1.29 is 19.0 Å². The van der Waals surface area contributed by atoms with Gasteiger partial charge in [-0.05, 0) is 80.4 Å². The maximum absolute atomic E-state index is 14.1. The molecule has 3 aromatic carbocycles. The van der Waals surface area contributed by atoms with Gasteiger partial charge in [0.2, 0.25) is 0 Å². The molecule has 1 amide bonds. The van der Waals surface area contributed by atoms with Crippen LogP contribution in [0, 0.1) is 0 Å². The van der Waals surface area contributed by atoms with E-state index in [4.69, 9.17) is 42.4 Å². The zero-order valence-corrected chi connectivity index (χ0v) is 27.9. The summed E-state index contributed by atoms with van der Waals surface area (Å²) in [6.07, 6.45) is 1.82. The number of thiazole rings is 1. The maximum Gasteiger partial charge on any atom is 0.271 e. The van der Waals surface area contributed by atoms with Crippen LogP contribution in [0.1, 0.15) is 43.5 Å². The van der Waals surface area contributed by atoms with E-state index in [1.807, 2.05) is 63.2 Å². The number of carbonyl (C=O) groups excluding carboxylic acids is 1. The van der Waals surface area contributed by atoms with Crippen LogP contribution in [0.15, 0.2) is 81.7 Å². The number of fused-ring (bicyclic) bond motifs is 1. The third-order valence-corrected chi connectivity index (χ3v) is 9.32. The molecule has 45 heavy (non-hydrogen) atoms. The summed E-state index contributed by atoms with van der Waals surface area (Å²) in [6.45, 7) is 7.03. The molecule has 234 valence electrons. The minimum Gasteiger partial charge on any atom is -0.497 e. The summed E-state index contributed by atoms with van der Waals surface area (Å²) < 4.78 is 19.2. The highest BCUT2D eigenvalue weighted by atomic mass is 35.5. The van der Waals surface area contributed by atoms with Gasteiger partial charge >= 0.3 is 0 Å². The number of benzene rings is 3. The Hall–Kier alpha value is -4.05. The second-order valence-corrected chi connectivity index (χ2v) is 12.1. The van der Waals surface area contributed by atoms with Gasteiger partial charge < -0.3 is 19.1 Å². The number of hydrogen-bond donors (Lipinski definition) is 0. The van der Waals surface area contributed by atoms with E-state index in [0.717, 1.165) is 11.1 Å². The highest BCUT2D eigenvalue weighted by Gasteiger charge is 2.36. The number of rotatable bonds is 10. The van der Waals surface area contributed by atoms with E-state index in [1.54, 1.807) is 48.0 Å². The minimum atomic E-state index is -0.765. The Morgan fingerprint density at radius 1 is 0.978 bits per heavy atom. The zero-order chi connectivity index (χ0) is 32.2. The molecule has 11 heteroatoms. The number of halogens is 2. The summed E-state index contributed by atoms with van der Waals surface area (Å²) in [6, 6.07) is 17.4. The largest absolute Gasteiger partial charge is 0.497 e. The van der Waals surface area contributed by atoms with Crippen molar-refractivity contribution in [2.45, 2.75) is 33.4 Å². The molecule has 0 fully saturated rings. The molecular weight excluding hydrogens is 633 g/mol. The Bertz CT molecular complexity index is 1950. The average molecular weight is 667 g/mol. The molecule has 1 aliphatic heterocycles. The molecule has 0 saturated heterocycles. The second-order valence-electron chi connectivity index (χ2n) is 10.3. The fourth-order valence-electron chi connectivity index (χ4n) is 5.23. The van der Waals surface area contributed by atoms with Crippen LogP contribution in [0.3, 0.4) is 0 Å². The van der Waals surface area contributed by atoms with Gasteiger partial charge in [0.05, 0.1) is 40.1 Å². The predicted molar refractivity (Wildman–Crippen MR) is 178 cm³/mol. The van der Waals surface area contributed by atoms with Crippen LogP contribution in [0.25, 0.3) is 6.08 Å². The lowest BCUT2D eigenvalue weighted by molar-refractivity contribution is -0.127. The number of methoxy groups -OCH3 is 2. The summed E-state index contributed by atoms with van der Waals surface area (Å²) in [5.41, 5.74) is 3.06. The monoisotopic (exact) mass is 665 g/mol. The van der Waals surface area contributed by atoms with Crippen molar-refractivity contribution in [2.75, 3.05) is 27.3 Å². The van der Waals surface area contributed by atoms with Gasteiger partial charge in [-0.1, -0.05) is 52.7 Å². The first-order valence-corrected chi connectivity index (χ1v) is 16.0. The number of ether oxygens (including phenoxy) is 3. The van der Waals surface area contributed by atoms with Crippen LogP contribution < -0.4 is 29.1 Å². The second kappa shape index (κ2) is 13.9. The Kier molecular flexibility index (Phi) is 10.0. The standard InChI is InChI=1S/C34H33Cl2N3O5S/c1-6-38(7-2)33(41)30-20(3)37-34-39(31(30)25-18-24(42-4)13-15-28(25)43-5)32(40)29(45-34)17-21-8-11-23(12-9-21)44-19-22-10-14-26(35)27(36)16-22/h8-18,31H,6-7,19H2,1-5H3/b29-17+/t31-/m0/s1. The van der Waals surface area contributed by atoms with E-state index in [1.165, 1.54) is 11.3 Å². The van der Waals surface area contributed by atoms with E-state index >= 15 is 0 Å². The van der Waals surface area contributed by atoms with Crippen LogP contribution in [-0.2, 0) is 11.4 Å². The molecule has 4 aromatic rings. The summed E-state index contributed by atoms with van der Waals surface area (Å²) in [5.74, 6) is 1.60. The fourth-order valence-corrected chi connectivity index (χ4v) is 6.60. The fraction of sp³-hybridized carbons (Fsp3) is 0.265. The topological polar surface area (TPSA) is 82.4 Å². The van der Waals surface area contributed by atoms with Crippen LogP contribution in [-0.4, -0.2) is 42.7 Å². The lowest BCUT2D eigenvalue weighted by atomic mass is 9.93. The van der Waals surface area contributed by atoms with Gasteiger partial charge in [0.1, 0.15) is 29.9 Å². The first kappa shape index (κ1) is 32.3. The SMILES string of the molecule is CCN(CC)C(=O)C1=C(C)N=c2s/c(=C/c3ccc(OCc4ccc(Cl)c(Cl)c4)cc3)c(=O)n2[C@H]1c1cc(OC)ccc1OC. The van der Waals surface area contributed by atoms with Crippen LogP contribution in [0.4, 0.5) is 0 Å². The summed E-state index contributed by atoms with van der Waals surface area (Å²) in [5, 5.41) is 0.965. The molecule has 0 N–H and O–H groups in total. The lowest BCUT2D eigenvalue weighted by Gasteiger charge is -2.30. The van der Waals surface area contributed by atoms with Gasteiger partial charge in [-0.25, -0.2) is 4.99 Å². The smallest absolute Gasteiger partial charge is 0.271 e. The highest BCUT2D eigenvalue weighted by Crippen LogP contribution is 2.38. The first-order chi connectivity index (χ1) is 21.7. The maximum atomic E-state index is 14.1. The van der Waals surface area contributed by atoms with Gasteiger partial charge in [0.25, 0.3) is 11.5 Å². The van der Waals surface area contributed by atoms with Crippen molar-refractivity contribution >= 4 is 46.5 Å². The van der Waals surface area contributed by atoms with Crippen molar-refractivity contribution in [2.24, 2.45) is 4.99 Å². The molecule has 0 spiro atoms. The number of likely N-dealkylation sites (N-methyl/N-ethyl adjacent to an activating group) is 1. The van der Waals surface area contributed by atoms with Gasteiger partial charge in [0, 0.05) is 18.7 Å². The van der Waals surface area contributed by atoms with Crippen molar-refractivity contribution in [1.82, 2.24) is 9.47 Å². The van der Waals surface area contributed by atoms with Gasteiger partial charge in [0.15, 0.2) is 4.80 Å². The Morgan fingerprint density at radius 2 is 1.69 bits per heavy atom. The molecule has 5 rings (SSSR count). The van der Waals surface area contributed by atoms with Gasteiger partial charge in [-0.15, -0.1) is 0 Å². The molecule has 8 nitrogen and oxygen atoms in total. The van der Waals surface area contributed by atoms with Gasteiger partial charge in [-0.2, -0.15) is 0 Å². The average Bonchev–Trinajstić information content (AvgIpc) is 3.35. The van der Waals surface area contributed by atoms with Crippen molar-refractivity contribution in [3.05, 3.63) is 118 Å². The third kappa shape index (κ3) is 6.66. The molecule has 0 unspecified atom stereocenters. The first-order valence-electron chi connectivity index (χ1n) is 14.4. The number of nitrogens with zero attached hydrogens (tertiary/aromatic N) is 3. The molecule has 0 radical (unpaired) electrons. The summed E-state index contributed by atoms with van der Waals surface area (Å²) in [4.78, 5) is 35.0. The minimum absolute atomic E-state index is 0.179. The normalized spacial score (nSPS) is 14.6. The quantitative estimate of drug-likeness (QED) is 0.207. The van der Waals surface area contributed by atoms with E-state index < -0.39 is 6.04 Å². The van der Waals surface area contributed by atoms with Gasteiger partial charge in [-0.3, -0.25) is 14.2 Å². The molecule has 0 saturated carbocycles. The van der Waals surface area contributed by atoms with E-state index in [9.17, 15) is 9.59 Å². The molecule has 1 atom stereocenters. The van der Waals surface area contributed by atoms with Crippen LogP contribution in [0.2, 0.25) is 10.0 Å². The third-order valence-electron chi connectivity index (χ3n) is 7.60. The van der Waals surface area contributed by atoms with Crippen LogP contribution in [0.5, 0.6) is 17.2 Å². The number of allylic oxidation sites excluding steroid dienone is 1. The van der Waals surface area contributed by atoms with Crippen molar-refractivity contribution in [1.29, 1.82) is 0 Å². The number of hydrogen-bond acceptors (Lipinski definition) is 7. The molecule has 0 bridgehead atoms. The van der Waals surface area contributed by atoms with Crippen molar-refractivity contribution in [3.8, 4) is 17.2 Å². The molecule has 2 heterocycles. The predicted octanol–water partition coefficient (Wildman–Crippen LogP) is 6.01. The summed E-state index contributed by atoms with van der Waals surface area (Å²) >= 11 is 13.4. The zero-order valence-electron chi connectivity index (χ0n) is 25.6. The van der Waals surface area contributed by atoms with E-state index in [2.05, 4.69) is 0 Å². The molecule has 0 aliphatic carbocycles. The summed E-state index contributed by atoms with van der Waals surface area (Å²) in [7, 11) is 3.14. The number of aromatic nitrogens is 1. The van der Waals surface area contributed by atoms with Crippen molar-refractivity contribution in [3.63, 3.8) is 0 Å². The van der Waals surface area contributed by atoms with E-state index in [-0.39, 0.29) is 11.5 Å². The number of amides is 1.